The molecule has 0 bridgehead atoms. The minimum atomic E-state index is -0.414. The lowest BCUT2D eigenvalue weighted by Gasteiger charge is -2.31. The summed E-state index contributed by atoms with van der Waals surface area (Å²) in [4.78, 5) is 49.4. The number of nitrogens with one attached hydrogen (secondary N) is 1. The molecule has 35 heavy (non-hydrogen) atoms. The number of piperidine rings is 1. The molecule has 1 N–H and O–H groups in total. The summed E-state index contributed by atoms with van der Waals surface area (Å²) < 4.78 is 5.17. The Kier molecular flexibility index (Phi) is 7.87. The summed E-state index contributed by atoms with van der Waals surface area (Å²) in [5.41, 5.74) is 2.47. The Morgan fingerprint density at radius 2 is 2.09 bits per heavy atom. The number of benzene rings is 1. The van der Waals surface area contributed by atoms with E-state index in [1.807, 2.05) is 26.0 Å². The lowest BCUT2D eigenvalue weighted by atomic mass is 9.96. The van der Waals surface area contributed by atoms with E-state index in [-0.39, 0.29) is 17.7 Å². The number of anilines is 1. The average molecular weight is 493 g/mol. The molecular formula is C26H28N4O4S. The number of amides is 2. The topological polar surface area (TPSA) is 101 Å². The van der Waals surface area contributed by atoms with Gasteiger partial charge in [0.15, 0.2) is 0 Å². The van der Waals surface area contributed by atoms with Crippen molar-refractivity contribution < 1.29 is 19.1 Å². The SMILES string of the molecule is CCCOC(=O)c1cccc(NC(=O)C2CCCN(C(=O)c3sc(-c4cccnc4)nc3C)C2)c1. The molecule has 1 unspecified atom stereocenters. The van der Waals surface area contributed by atoms with Crippen molar-refractivity contribution in [1.82, 2.24) is 14.9 Å². The zero-order valence-electron chi connectivity index (χ0n) is 19.8. The number of rotatable bonds is 7. The van der Waals surface area contributed by atoms with Crippen LogP contribution in [-0.2, 0) is 9.53 Å². The molecular weight excluding hydrogens is 464 g/mol. The molecule has 9 heteroatoms. The summed E-state index contributed by atoms with van der Waals surface area (Å²) in [6.45, 7) is 5.04. The van der Waals surface area contributed by atoms with Crippen LogP contribution < -0.4 is 5.32 Å². The van der Waals surface area contributed by atoms with E-state index >= 15 is 0 Å². The van der Waals surface area contributed by atoms with E-state index in [0.717, 1.165) is 23.4 Å². The van der Waals surface area contributed by atoms with E-state index in [9.17, 15) is 14.4 Å². The second-order valence-corrected chi connectivity index (χ2v) is 9.47. The van der Waals surface area contributed by atoms with Gasteiger partial charge in [-0.3, -0.25) is 14.6 Å². The van der Waals surface area contributed by atoms with Crippen molar-refractivity contribution in [2.24, 2.45) is 5.92 Å². The number of esters is 1. The number of carbonyl (C=O) groups is 3. The van der Waals surface area contributed by atoms with Crippen LogP contribution >= 0.6 is 11.3 Å². The smallest absolute Gasteiger partial charge is 0.338 e. The fraction of sp³-hybridized carbons (Fsp3) is 0.346. The molecule has 1 aliphatic rings. The third-order valence-electron chi connectivity index (χ3n) is 5.78. The van der Waals surface area contributed by atoms with Crippen molar-refractivity contribution in [1.29, 1.82) is 0 Å². The summed E-state index contributed by atoms with van der Waals surface area (Å²) >= 11 is 1.35. The monoisotopic (exact) mass is 492 g/mol. The van der Waals surface area contributed by atoms with E-state index in [2.05, 4.69) is 15.3 Å². The Hall–Kier alpha value is -3.59. The normalized spacial score (nSPS) is 15.5. The molecule has 182 valence electrons. The van der Waals surface area contributed by atoms with Crippen molar-refractivity contribution >= 4 is 34.8 Å². The fourth-order valence-corrected chi connectivity index (χ4v) is 5.00. The highest BCUT2D eigenvalue weighted by Crippen LogP contribution is 2.30. The molecule has 1 fully saturated rings. The average Bonchev–Trinajstić information content (AvgIpc) is 3.29. The molecule has 0 saturated carbocycles. The number of carbonyl (C=O) groups excluding carboxylic acids is 3. The van der Waals surface area contributed by atoms with Crippen molar-refractivity contribution in [3.63, 3.8) is 0 Å². The second kappa shape index (κ2) is 11.2. The van der Waals surface area contributed by atoms with Gasteiger partial charge in [0.2, 0.25) is 5.91 Å². The summed E-state index contributed by atoms with van der Waals surface area (Å²) in [5, 5.41) is 3.65. The molecule has 3 heterocycles. The molecule has 0 radical (unpaired) electrons. The van der Waals surface area contributed by atoms with E-state index in [1.165, 1.54) is 11.3 Å². The lowest BCUT2D eigenvalue weighted by molar-refractivity contribution is -0.121. The van der Waals surface area contributed by atoms with Gasteiger partial charge in [-0.2, -0.15) is 0 Å². The molecule has 1 saturated heterocycles. The maximum absolute atomic E-state index is 13.3. The highest BCUT2D eigenvalue weighted by molar-refractivity contribution is 7.17. The lowest BCUT2D eigenvalue weighted by Crippen LogP contribution is -2.43. The minimum absolute atomic E-state index is 0.103. The third kappa shape index (κ3) is 5.92. The number of nitrogens with zero attached hydrogens (tertiary/aromatic N) is 3. The van der Waals surface area contributed by atoms with Crippen molar-refractivity contribution in [3.05, 3.63) is 64.9 Å². The van der Waals surface area contributed by atoms with Crippen LogP contribution in [0.25, 0.3) is 10.6 Å². The van der Waals surface area contributed by atoms with E-state index < -0.39 is 5.97 Å². The van der Waals surface area contributed by atoms with E-state index in [0.29, 0.717) is 47.9 Å². The molecule has 2 amide bonds. The molecule has 4 rings (SSSR count). The number of hydrogen-bond donors (Lipinski definition) is 1. The predicted octanol–water partition coefficient (Wildman–Crippen LogP) is 4.57. The van der Waals surface area contributed by atoms with Gasteiger partial charge in [0.1, 0.15) is 9.88 Å². The molecule has 0 spiro atoms. The van der Waals surface area contributed by atoms with Crippen LogP contribution in [0.2, 0.25) is 0 Å². The van der Waals surface area contributed by atoms with Gasteiger partial charge >= 0.3 is 5.97 Å². The summed E-state index contributed by atoms with van der Waals surface area (Å²) in [6.07, 6.45) is 5.59. The molecule has 2 aromatic heterocycles. The Morgan fingerprint density at radius 3 is 2.86 bits per heavy atom. The van der Waals surface area contributed by atoms with Crippen LogP contribution in [0.4, 0.5) is 5.69 Å². The zero-order valence-corrected chi connectivity index (χ0v) is 20.6. The van der Waals surface area contributed by atoms with Crippen LogP contribution in [0.1, 0.15) is 51.9 Å². The number of aromatic nitrogens is 2. The van der Waals surface area contributed by atoms with Crippen molar-refractivity contribution in [3.8, 4) is 10.6 Å². The van der Waals surface area contributed by atoms with Gasteiger partial charge in [-0.25, -0.2) is 9.78 Å². The predicted molar refractivity (Wildman–Crippen MR) is 134 cm³/mol. The number of likely N-dealkylation sites (tertiary alicyclic amines) is 1. The Bertz CT molecular complexity index is 1210. The van der Waals surface area contributed by atoms with E-state index in [4.69, 9.17) is 4.74 Å². The van der Waals surface area contributed by atoms with Crippen LogP contribution in [0, 0.1) is 12.8 Å². The molecule has 0 aliphatic carbocycles. The molecule has 1 aromatic carbocycles. The highest BCUT2D eigenvalue weighted by atomic mass is 32.1. The molecule has 1 atom stereocenters. The van der Waals surface area contributed by atoms with Gasteiger partial charge in [0.05, 0.1) is 23.8 Å². The Labute approximate surface area is 208 Å². The zero-order chi connectivity index (χ0) is 24.8. The fourth-order valence-electron chi connectivity index (χ4n) is 3.97. The van der Waals surface area contributed by atoms with Crippen molar-refractivity contribution in [2.45, 2.75) is 33.1 Å². The quantitative estimate of drug-likeness (QED) is 0.485. The number of thiazole rings is 1. The van der Waals surface area contributed by atoms with Crippen LogP contribution in [0.15, 0.2) is 48.8 Å². The van der Waals surface area contributed by atoms with Gasteiger partial charge in [-0.15, -0.1) is 11.3 Å². The first-order valence-electron chi connectivity index (χ1n) is 11.7. The number of ether oxygens (including phenoxy) is 1. The number of hydrogen-bond acceptors (Lipinski definition) is 7. The largest absolute Gasteiger partial charge is 0.462 e. The van der Waals surface area contributed by atoms with Crippen LogP contribution in [0.5, 0.6) is 0 Å². The van der Waals surface area contributed by atoms with Gasteiger partial charge in [0.25, 0.3) is 5.91 Å². The minimum Gasteiger partial charge on any atom is -0.462 e. The molecule has 8 nitrogen and oxygen atoms in total. The van der Waals surface area contributed by atoms with Gasteiger partial charge in [-0.05, 0) is 56.5 Å². The first-order chi connectivity index (χ1) is 17.0. The van der Waals surface area contributed by atoms with Gasteiger partial charge < -0.3 is 15.0 Å². The van der Waals surface area contributed by atoms with Gasteiger partial charge in [0, 0.05) is 36.7 Å². The standard InChI is InChI=1S/C26H28N4O4S/c1-3-13-34-26(33)18-7-4-10-21(14-18)29-23(31)20-9-6-12-30(16-20)25(32)22-17(2)28-24(35-22)19-8-5-11-27-15-19/h4-5,7-8,10-11,14-15,20H,3,6,9,12-13,16H2,1-2H3,(H,29,31). The first kappa shape index (κ1) is 24.5. The summed E-state index contributed by atoms with van der Waals surface area (Å²) in [5.74, 6) is -1.02. The maximum atomic E-state index is 13.3. The van der Waals surface area contributed by atoms with Gasteiger partial charge in [-0.1, -0.05) is 13.0 Å². The molecule has 1 aliphatic heterocycles. The van der Waals surface area contributed by atoms with Crippen LogP contribution in [-0.4, -0.2) is 52.3 Å². The van der Waals surface area contributed by atoms with Crippen molar-refractivity contribution in [2.75, 3.05) is 25.0 Å². The van der Waals surface area contributed by atoms with Crippen LogP contribution in [0.3, 0.4) is 0 Å². The highest BCUT2D eigenvalue weighted by Gasteiger charge is 2.31. The Balaban J connectivity index is 1.41. The summed E-state index contributed by atoms with van der Waals surface area (Å²) in [6, 6.07) is 10.5. The summed E-state index contributed by atoms with van der Waals surface area (Å²) in [7, 11) is 0. The number of aryl methyl sites for hydroxylation is 1. The maximum Gasteiger partial charge on any atom is 0.338 e. The first-order valence-corrected chi connectivity index (χ1v) is 12.5. The third-order valence-corrected chi connectivity index (χ3v) is 6.98. The second-order valence-electron chi connectivity index (χ2n) is 8.47. The van der Waals surface area contributed by atoms with E-state index in [1.54, 1.807) is 41.6 Å². The number of pyridine rings is 1. The Morgan fingerprint density at radius 1 is 1.23 bits per heavy atom. The molecule has 3 aromatic rings.